The number of fused-ring (bicyclic) bond motifs is 1. The second-order valence-electron chi connectivity index (χ2n) is 5.05. The average molecular weight is 240 g/mol. The van der Waals surface area contributed by atoms with Crippen LogP contribution in [0.2, 0.25) is 5.15 Å². The molecule has 0 aromatic carbocycles. The molecule has 1 aliphatic carbocycles. The Bertz CT molecular complexity index is 395. The summed E-state index contributed by atoms with van der Waals surface area (Å²) in [7, 11) is 2.02. The third-order valence-corrected chi connectivity index (χ3v) is 4.10. The van der Waals surface area contributed by atoms with Gasteiger partial charge in [0.05, 0.1) is 5.69 Å². The van der Waals surface area contributed by atoms with Crippen LogP contribution in [0, 0.1) is 5.92 Å². The summed E-state index contributed by atoms with van der Waals surface area (Å²) in [5.74, 6) is 2.59. The largest absolute Gasteiger partial charge is 0.319 e. The lowest BCUT2D eigenvalue weighted by atomic mass is 9.98. The Morgan fingerprint density at radius 1 is 1.44 bits per heavy atom. The molecule has 1 aromatic rings. The van der Waals surface area contributed by atoms with Gasteiger partial charge in [-0.25, -0.2) is 4.98 Å². The van der Waals surface area contributed by atoms with Gasteiger partial charge in [-0.3, -0.25) is 0 Å². The SMILES string of the molecule is CNCC1CCn2c(nc(C3CC3)c2Cl)C1. The molecule has 0 spiro atoms. The van der Waals surface area contributed by atoms with Crippen LogP contribution in [0.1, 0.15) is 36.7 Å². The fourth-order valence-electron chi connectivity index (χ4n) is 2.63. The van der Waals surface area contributed by atoms with Gasteiger partial charge in [0.15, 0.2) is 0 Å². The van der Waals surface area contributed by atoms with Gasteiger partial charge in [0.25, 0.3) is 0 Å². The summed E-state index contributed by atoms with van der Waals surface area (Å²) in [6.45, 7) is 2.13. The zero-order valence-corrected chi connectivity index (χ0v) is 10.4. The van der Waals surface area contributed by atoms with E-state index >= 15 is 0 Å². The third-order valence-electron chi connectivity index (χ3n) is 3.70. The van der Waals surface area contributed by atoms with E-state index in [4.69, 9.17) is 16.6 Å². The van der Waals surface area contributed by atoms with Gasteiger partial charge < -0.3 is 9.88 Å². The molecule has 1 atom stereocenters. The number of halogens is 1. The molecule has 1 aromatic heterocycles. The Labute approximate surface area is 101 Å². The molecule has 16 heavy (non-hydrogen) atoms. The zero-order chi connectivity index (χ0) is 11.1. The van der Waals surface area contributed by atoms with Crippen LogP contribution in [0.25, 0.3) is 0 Å². The Morgan fingerprint density at radius 2 is 2.25 bits per heavy atom. The van der Waals surface area contributed by atoms with E-state index in [9.17, 15) is 0 Å². The molecule has 0 amide bonds. The van der Waals surface area contributed by atoms with Crippen LogP contribution in [0.4, 0.5) is 0 Å². The summed E-state index contributed by atoms with van der Waals surface area (Å²) in [5.41, 5.74) is 1.17. The molecule has 1 saturated carbocycles. The number of aromatic nitrogens is 2. The number of hydrogen-bond donors (Lipinski definition) is 1. The van der Waals surface area contributed by atoms with Crippen molar-refractivity contribution < 1.29 is 0 Å². The standard InChI is InChI=1S/C12H18ClN3/c1-14-7-8-4-5-16-10(6-8)15-11(12(16)13)9-2-3-9/h8-9,14H,2-7H2,1H3. The fraction of sp³-hybridized carbons (Fsp3) is 0.750. The number of rotatable bonds is 3. The lowest BCUT2D eigenvalue weighted by Crippen LogP contribution is -2.27. The number of hydrogen-bond acceptors (Lipinski definition) is 2. The van der Waals surface area contributed by atoms with Gasteiger partial charge in [-0.05, 0) is 38.8 Å². The second kappa shape index (κ2) is 4.04. The maximum absolute atomic E-state index is 6.39. The second-order valence-corrected chi connectivity index (χ2v) is 5.40. The molecule has 1 N–H and O–H groups in total. The fourth-order valence-corrected chi connectivity index (χ4v) is 3.01. The minimum atomic E-state index is 0.661. The normalized spacial score (nSPS) is 24.5. The predicted octanol–water partition coefficient (Wildman–Crippen LogP) is 2.20. The maximum atomic E-state index is 6.39. The van der Waals surface area contributed by atoms with Crippen LogP contribution in [0.3, 0.4) is 0 Å². The van der Waals surface area contributed by atoms with Gasteiger partial charge in [0.1, 0.15) is 11.0 Å². The van der Waals surface area contributed by atoms with Crippen molar-refractivity contribution in [2.45, 2.75) is 38.1 Å². The molecule has 1 fully saturated rings. The zero-order valence-electron chi connectivity index (χ0n) is 9.67. The van der Waals surface area contributed by atoms with Crippen LogP contribution in [0.15, 0.2) is 0 Å². The molecular formula is C12H18ClN3. The smallest absolute Gasteiger partial charge is 0.132 e. The summed E-state index contributed by atoms with van der Waals surface area (Å²) in [5, 5.41) is 4.17. The minimum absolute atomic E-state index is 0.661. The molecule has 3 nitrogen and oxygen atoms in total. The predicted molar refractivity (Wildman–Crippen MR) is 64.9 cm³/mol. The first-order chi connectivity index (χ1) is 7.79. The van der Waals surface area contributed by atoms with Crippen molar-refractivity contribution in [2.24, 2.45) is 5.92 Å². The van der Waals surface area contributed by atoms with Crippen LogP contribution in [0.5, 0.6) is 0 Å². The molecule has 4 heteroatoms. The van der Waals surface area contributed by atoms with Crippen LogP contribution in [-0.2, 0) is 13.0 Å². The molecule has 0 radical (unpaired) electrons. The van der Waals surface area contributed by atoms with Gasteiger partial charge in [-0.15, -0.1) is 0 Å². The molecular weight excluding hydrogens is 222 g/mol. The van der Waals surface area contributed by atoms with E-state index in [2.05, 4.69) is 9.88 Å². The van der Waals surface area contributed by atoms with Gasteiger partial charge in [-0.1, -0.05) is 11.6 Å². The molecule has 1 aliphatic heterocycles. The van der Waals surface area contributed by atoms with Crippen molar-refractivity contribution in [2.75, 3.05) is 13.6 Å². The molecule has 3 rings (SSSR count). The first-order valence-electron chi connectivity index (χ1n) is 6.19. The Kier molecular flexibility index (Phi) is 2.68. The van der Waals surface area contributed by atoms with E-state index in [1.807, 2.05) is 7.05 Å². The highest BCUT2D eigenvalue weighted by Gasteiger charge is 2.32. The number of nitrogens with one attached hydrogen (secondary N) is 1. The van der Waals surface area contributed by atoms with E-state index in [-0.39, 0.29) is 0 Å². The monoisotopic (exact) mass is 239 g/mol. The molecule has 1 unspecified atom stereocenters. The summed E-state index contributed by atoms with van der Waals surface area (Å²) >= 11 is 6.39. The van der Waals surface area contributed by atoms with Crippen LogP contribution < -0.4 is 5.32 Å². The molecule has 0 bridgehead atoms. The highest BCUT2D eigenvalue weighted by molar-refractivity contribution is 6.30. The number of nitrogens with zero attached hydrogens (tertiary/aromatic N) is 2. The summed E-state index contributed by atoms with van der Waals surface area (Å²) in [6, 6.07) is 0. The summed E-state index contributed by atoms with van der Waals surface area (Å²) in [4.78, 5) is 4.75. The van der Waals surface area contributed by atoms with E-state index in [0.717, 1.165) is 30.6 Å². The number of imidazole rings is 1. The van der Waals surface area contributed by atoms with Crippen molar-refractivity contribution >= 4 is 11.6 Å². The lowest BCUT2D eigenvalue weighted by Gasteiger charge is -2.23. The van der Waals surface area contributed by atoms with E-state index in [1.54, 1.807) is 0 Å². The highest BCUT2D eigenvalue weighted by Crippen LogP contribution is 2.43. The van der Waals surface area contributed by atoms with Crippen LogP contribution in [-0.4, -0.2) is 23.1 Å². The highest BCUT2D eigenvalue weighted by atomic mass is 35.5. The third kappa shape index (κ3) is 1.76. The lowest BCUT2D eigenvalue weighted by molar-refractivity contribution is 0.372. The van der Waals surface area contributed by atoms with Crippen molar-refractivity contribution in [1.82, 2.24) is 14.9 Å². The van der Waals surface area contributed by atoms with Gasteiger partial charge in [-0.2, -0.15) is 0 Å². The van der Waals surface area contributed by atoms with Gasteiger partial charge in [0, 0.05) is 18.9 Å². The summed E-state index contributed by atoms with van der Waals surface area (Å²) < 4.78 is 2.22. The van der Waals surface area contributed by atoms with Crippen molar-refractivity contribution in [3.8, 4) is 0 Å². The van der Waals surface area contributed by atoms with Crippen molar-refractivity contribution in [1.29, 1.82) is 0 Å². The minimum Gasteiger partial charge on any atom is -0.319 e. The van der Waals surface area contributed by atoms with E-state index < -0.39 is 0 Å². The van der Waals surface area contributed by atoms with Gasteiger partial charge in [0.2, 0.25) is 0 Å². The molecule has 2 heterocycles. The summed E-state index contributed by atoms with van der Waals surface area (Å²) in [6.07, 6.45) is 4.84. The first kappa shape index (κ1) is 10.6. The topological polar surface area (TPSA) is 29.9 Å². The van der Waals surface area contributed by atoms with Crippen molar-refractivity contribution in [3.63, 3.8) is 0 Å². The van der Waals surface area contributed by atoms with E-state index in [1.165, 1.54) is 30.8 Å². The molecule has 88 valence electrons. The van der Waals surface area contributed by atoms with E-state index in [0.29, 0.717) is 5.92 Å². The Balaban J connectivity index is 1.84. The first-order valence-corrected chi connectivity index (χ1v) is 6.56. The Hall–Kier alpha value is -0.540. The quantitative estimate of drug-likeness (QED) is 0.877. The Morgan fingerprint density at radius 3 is 2.94 bits per heavy atom. The molecule has 0 saturated heterocycles. The maximum Gasteiger partial charge on any atom is 0.132 e. The van der Waals surface area contributed by atoms with Crippen molar-refractivity contribution in [3.05, 3.63) is 16.7 Å². The van der Waals surface area contributed by atoms with Gasteiger partial charge >= 0.3 is 0 Å². The molecule has 2 aliphatic rings. The van der Waals surface area contributed by atoms with Crippen LogP contribution >= 0.6 is 11.6 Å². The average Bonchev–Trinajstić information content (AvgIpc) is 3.06.